The molecule has 0 saturated carbocycles. The topological polar surface area (TPSA) is 50.9 Å². The van der Waals surface area contributed by atoms with Gasteiger partial charge in [0.2, 0.25) is 0 Å². The summed E-state index contributed by atoms with van der Waals surface area (Å²) in [6.45, 7) is 8.88. The first kappa shape index (κ1) is 22.1. The van der Waals surface area contributed by atoms with E-state index in [1.165, 1.54) is 5.56 Å². The molecule has 0 saturated heterocycles. The Kier molecular flexibility index (Phi) is 5.20. The zero-order valence-corrected chi connectivity index (χ0v) is 20.2. The molecule has 3 aromatic carbocycles. The van der Waals surface area contributed by atoms with Crippen LogP contribution < -0.4 is 0 Å². The minimum Gasteiger partial charge on any atom is -0.508 e. The summed E-state index contributed by atoms with van der Waals surface area (Å²) in [5.41, 5.74) is 3.75. The number of fused-ring (bicyclic) bond motifs is 1. The molecule has 0 aliphatic heterocycles. The second kappa shape index (κ2) is 7.98. The van der Waals surface area contributed by atoms with Gasteiger partial charge in [-0.3, -0.25) is 0 Å². The first-order valence-corrected chi connectivity index (χ1v) is 11.8. The molecule has 172 valence electrons. The third-order valence-corrected chi connectivity index (χ3v) is 7.64. The van der Waals surface area contributed by atoms with Crippen LogP contribution in [0.2, 0.25) is 0 Å². The Morgan fingerprint density at radius 2 is 1.38 bits per heavy atom. The molecule has 4 aromatic rings. The number of aromatic nitrogens is 3. The molecule has 4 heteroatoms. The zero-order chi connectivity index (χ0) is 24.0. The Morgan fingerprint density at radius 3 is 2.03 bits per heavy atom. The van der Waals surface area contributed by atoms with E-state index in [4.69, 9.17) is 10.2 Å². The summed E-state index contributed by atoms with van der Waals surface area (Å²) < 4.78 is 0. The lowest BCUT2D eigenvalue weighted by Crippen LogP contribution is -2.51. The number of phenolic OH excluding ortho intramolecular Hbond substituents is 1. The highest BCUT2D eigenvalue weighted by molar-refractivity contribution is 5.73. The Labute approximate surface area is 201 Å². The van der Waals surface area contributed by atoms with E-state index in [0.29, 0.717) is 5.75 Å². The summed E-state index contributed by atoms with van der Waals surface area (Å²) in [7, 11) is 0. The maximum Gasteiger partial charge on any atom is 0.119 e. The van der Waals surface area contributed by atoms with E-state index < -0.39 is 11.0 Å². The van der Waals surface area contributed by atoms with Crippen LogP contribution in [0.25, 0.3) is 11.0 Å². The fraction of sp³-hybridized carbons (Fsp3) is 0.267. The number of hydrogen-bond acceptors (Lipinski definition) is 3. The number of para-hydroxylation sites is 1. The van der Waals surface area contributed by atoms with Gasteiger partial charge in [0, 0.05) is 16.4 Å². The molecule has 0 spiro atoms. The van der Waals surface area contributed by atoms with Crippen LogP contribution in [-0.2, 0) is 16.4 Å². The Balaban J connectivity index is 1.76. The number of nitrogens with zero attached hydrogens (tertiary/aromatic N) is 3. The highest BCUT2D eigenvalue weighted by Crippen LogP contribution is 2.49. The van der Waals surface area contributed by atoms with E-state index in [9.17, 15) is 5.11 Å². The molecule has 1 heterocycles. The highest BCUT2D eigenvalue weighted by atomic mass is 16.3. The van der Waals surface area contributed by atoms with Crippen LogP contribution in [-0.4, -0.2) is 20.1 Å². The number of aromatic hydroxyl groups is 1. The van der Waals surface area contributed by atoms with E-state index in [2.05, 4.69) is 76.3 Å². The second-order valence-corrected chi connectivity index (χ2v) is 10.2. The lowest BCUT2D eigenvalue weighted by atomic mass is 9.62. The predicted octanol–water partition coefficient (Wildman–Crippen LogP) is 6.67. The number of hydrogen-bond donors (Lipinski definition) is 1. The quantitative estimate of drug-likeness (QED) is 0.370. The third-order valence-electron chi connectivity index (χ3n) is 7.64. The lowest BCUT2D eigenvalue weighted by Gasteiger charge is -2.47. The van der Waals surface area contributed by atoms with Crippen molar-refractivity contribution in [1.82, 2.24) is 15.0 Å². The van der Waals surface area contributed by atoms with Crippen LogP contribution in [0.15, 0.2) is 103 Å². The molecule has 1 aliphatic rings. The first-order chi connectivity index (χ1) is 16.3. The monoisotopic (exact) mass is 449 g/mol. The van der Waals surface area contributed by atoms with Crippen molar-refractivity contribution in [2.24, 2.45) is 0 Å². The lowest BCUT2D eigenvalue weighted by molar-refractivity contribution is 0.171. The van der Waals surface area contributed by atoms with Gasteiger partial charge in [-0.1, -0.05) is 101 Å². The summed E-state index contributed by atoms with van der Waals surface area (Å²) in [5.74, 6) is 0.309. The van der Waals surface area contributed by atoms with Crippen LogP contribution in [0.4, 0.5) is 0 Å². The van der Waals surface area contributed by atoms with Gasteiger partial charge in [-0.25, -0.2) is 0 Å². The third kappa shape index (κ3) is 3.37. The van der Waals surface area contributed by atoms with Crippen molar-refractivity contribution in [3.05, 3.63) is 114 Å². The van der Waals surface area contributed by atoms with E-state index >= 15 is 0 Å². The molecule has 1 N–H and O–H groups in total. The largest absolute Gasteiger partial charge is 0.508 e. The van der Waals surface area contributed by atoms with Crippen molar-refractivity contribution in [1.29, 1.82) is 0 Å². The van der Waals surface area contributed by atoms with Gasteiger partial charge in [-0.05, 0) is 41.8 Å². The van der Waals surface area contributed by atoms with Gasteiger partial charge in [0.1, 0.15) is 22.3 Å². The summed E-state index contributed by atoms with van der Waals surface area (Å²) in [6, 6.07) is 26.2. The molecule has 1 aliphatic carbocycles. The normalized spacial score (nSPS) is 18.8. The van der Waals surface area contributed by atoms with Crippen molar-refractivity contribution in [3.63, 3.8) is 0 Å². The minimum atomic E-state index is -0.543. The minimum absolute atomic E-state index is 0.309. The number of allylic oxidation sites excluding steroid dienone is 4. The summed E-state index contributed by atoms with van der Waals surface area (Å²) in [6.07, 6.45) is 7.52. The van der Waals surface area contributed by atoms with E-state index in [1.807, 2.05) is 47.3 Å². The standard InChI is InChI=1S/C30H31N3O/c1-28(2,24-16-8-11-19-27(24)34)23-15-12-20-30(21-23,29(3,4)22-13-6-5-7-14-22)33-31-25-17-9-10-18-26(25)32-33/h5-19,21,34H,20H2,1-4H3. The fourth-order valence-electron chi connectivity index (χ4n) is 5.24. The molecule has 1 aromatic heterocycles. The maximum atomic E-state index is 10.7. The van der Waals surface area contributed by atoms with Gasteiger partial charge >= 0.3 is 0 Å². The highest BCUT2D eigenvalue weighted by Gasteiger charge is 2.49. The van der Waals surface area contributed by atoms with E-state index in [1.54, 1.807) is 6.07 Å². The van der Waals surface area contributed by atoms with Gasteiger partial charge in [-0.15, -0.1) is 0 Å². The van der Waals surface area contributed by atoms with Gasteiger partial charge in [0.25, 0.3) is 0 Å². The Hall–Kier alpha value is -3.66. The van der Waals surface area contributed by atoms with Crippen LogP contribution in [0.3, 0.4) is 0 Å². The molecule has 0 radical (unpaired) electrons. The van der Waals surface area contributed by atoms with Crippen molar-refractivity contribution in [2.45, 2.75) is 50.5 Å². The average molecular weight is 450 g/mol. The molecule has 34 heavy (non-hydrogen) atoms. The molecule has 0 fully saturated rings. The summed E-state index contributed by atoms with van der Waals surface area (Å²) in [5, 5.41) is 20.6. The molecule has 0 bridgehead atoms. The molecule has 5 rings (SSSR count). The number of benzene rings is 3. The van der Waals surface area contributed by atoms with Gasteiger partial charge in [0.05, 0.1) is 0 Å². The SMILES string of the molecule is CC(C)(C1=CC(n2nc3ccccc3n2)(C(C)(C)c2ccccc2)CC=C1)c1ccccc1O. The van der Waals surface area contributed by atoms with Crippen molar-refractivity contribution < 1.29 is 5.11 Å². The molecule has 1 unspecified atom stereocenters. The van der Waals surface area contributed by atoms with Crippen LogP contribution in [0.5, 0.6) is 5.75 Å². The van der Waals surface area contributed by atoms with E-state index in [0.717, 1.165) is 28.6 Å². The first-order valence-electron chi connectivity index (χ1n) is 11.8. The second-order valence-electron chi connectivity index (χ2n) is 10.2. The fourth-order valence-corrected chi connectivity index (χ4v) is 5.24. The zero-order valence-electron chi connectivity index (χ0n) is 20.2. The Bertz CT molecular complexity index is 1360. The van der Waals surface area contributed by atoms with Gasteiger partial charge in [-0.2, -0.15) is 15.0 Å². The van der Waals surface area contributed by atoms with E-state index in [-0.39, 0.29) is 5.41 Å². The van der Waals surface area contributed by atoms with Crippen LogP contribution in [0.1, 0.15) is 45.2 Å². The van der Waals surface area contributed by atoms with Crippen molar-refractivity contribution in [2.75, 3.05) is 0 Å². The molecule has 1 atom stereocenters. The number of rotatable bonds is 5. The number of phenols is 1. The van der Waals surface area contributed by atoms with Crippen molar-refractivity contribution in [3.8, 4) is 5.75 Å². The Morgan fingerprint density at radius 1 is 0.794 bits per heavy atom. The smallest absolute Gasteiger partial charge is 0.119 e. The molecular formula is C30H31N3O. The maximum absolute atomic E-state index is 10.7. The van der Waals surface area contributed by atoms with Crippen LogP contribution in [0, 0.1) is 0 Å². The van der Waals surface area contributed by atoms with Gasteiger partial charge < -0.3 is 5.11 Å². The van der Waals surface area contributed by atoms with Crippen LogP contribution >= 0.6 is 0 Å². The molecule has 4 nitrogen and oxygen atoms in total. The average Bonchev–Trinajstić information content (AvgIpc) is 3.29. The van der Waals surface area contributed by atoms with Gasteiger partial charge in [0.15, 0.2) is 0 Å². The summed E-state index contributed by atoms with van der Waals surface area (Å²) in [4.78, 5) is 1.93. The van der Waals surface area contributed by atoms with Crippen molar-refractivity contribution >= 4 is 11.0 Å². The summed E-state index contributed by atoms with van der Waals surface area (Å²) >= 11 is 0. The molecule has 0 amide bonds. The molecular weight excluding hydrogens is 418 g/mol. The predicted molar refractivity (Wildman–Crippen MR) is 138 cm³/mol.